The molecular formula is C19H37. The molecule has 0 fully saturated rings. The van der Waals surface area contributed by atoms with E-state index in [1.165, 1.54) is 94.6 Å². The number of hydrogen-bond acceptors (Lipinski definition) is 0. The maximum atomic E-state index is 3.99. The molecule has 0 N–H and O–H groups in total. The molecule has 0 aliphatic rings. The summed E-state index contributed by atoms with van der Waals surface area (Å²) in [6.45, 7) is 10.6. The van der Waals surface area contributed by atoms with E-state index in [2.05, 4.69) is 27.7 Å². The van der Waals surface area contributed by atoms with Crippen molar-refractivity contribution in [2.45, 2.75) is 104 Å². The second kappa shape index (κ2) is 14.2. The average Bonchev–Trinajstić information content (AvgIpc) is 2.39. The topological polar surface area (TPSA) is 0 Å². The van der Waals surface area contributed by atoms with E-state index >= 15 is 0 Å². The van der Waals surface area contributed by atoms with E-state index in [4.69, 9.17) is 0 Å². The first-order chi connectivity index (χ1) is 9.18. The van der Waals surface area contributed by atoms with Crippen LogP contribution in [-0.4, -0.2) is 0 Å². The average molecular weight is 266 g/mol. The minimum absolute atomic E-state index is 1.26. The Morgan fingerprint density at radius 3 is 1.37 bits per heavy atom. The highest BCUT2D eigenvalue weighted by Gasteiger charge is 1.95. The molecule has 113 valence electrons. The van der Waals surface area contributed by atoms with Crippen molar-refractivity contribution in [3.63, 3.8) is 0 Å². The minimum atomic E-state index is 1.26. The van der Waals surface area contributed by atoms with Gasteiger partial charge in [0.25, 0.3) is 0 Å². The van der Waals surface area contributed by atoms with Gasteiger partial charge in [-0.3, -0.25) is 0 Å². The van der Waals surface area contributed by atoms with Crippen molar-refractivity contribution in [3.05, 3.63) is 18.1 Å². The van der Waals surface area contributed by atoms with Gasteiger partial charge in [-0.25, -0.2) is 0 Å². The molecule has 0 aromatic rings. The van der Waals surface area contributed by atoms with Gasteiger partial charge in [-0.05, 0) is 33.6 Å². The number of allylic oxidation sites excluding steroid dienone is 2. The second-order valence-corrected chi connectivity index (χ2v) is 6.20. The molecule has 0 aromatic carbocycles. The first kappa shape index (κ1) is 18.7. The third kappa shape index (κ3) is 14.0. The molecular weight excluding hydrogens is 228 g/mol. The Balaban J connectivity index is 3.09. The van der Waals surface area contributed by atoms with E-state index in [1.807, 2.05) is 0 Å². The number of rotatable bonds is 13. The standard InChI is InChI=1S/C19H37/c1-5-6-7-8-9-10-11-12-13-14-15-16-17-19(4)18(2)3/h2,5-17H2,1,3-4H3. The molecule has 0 aliphatic carbocycles. The Labute approximate surface area is 123 Å². The van der Waals surface area contributed by atoms with Crippen molar-refractivity contribution in [3.8, 4) is 0 Å². The van der Waals surface area contributed by atoms with Crippen LogP contribution < -0.4 is 0 Å². The molecule has 0 unspecified atom stereocenters. The summed E-state index contributed by atoms with van der Waals surface area (Å²) in [4.78, 5) is 0. The Bertz CT molecular complexity index is 208. The van der Waals surface area contributed by atoms with Gasteiger partial charge >= 0.3 is 0 Å². The molecule has 0 bridgehead atoms. The van der Waals surface area contributed by atoms with E-state index in [9.17, 15) is 0 Å². The fraction of sp³-hybridized carbons (Fsp3) is 0.842. The van der Waals surface area contributed by atoms with Crippen molar-refractivity contribution < 1.29 is 0 Å². The zero-order chi connectivity index (χ0) is 14.3. The molecule has 0 saturated carbocycles. The second-order valence-electron chi connectivity index (χ2n) is 6.20. The van der Waals surface area contributed by atoms with Crippen LogP contribution in [0.15, 0.2) is 11.1 Å². The van der Waals surface area contributed by atoms with Gasteiger partial charge in [0.2, 0.25) is 0 Å². The van der Waals surface area contributed by atoms with Crippen molar-refractivity contribution in [1.82, 2.24) is 0 Å². The van der Waals surface area contributed by atoms with Gasteiger partial charge in [-0.2, -0.15) is 0 Å². The fourth-order valence-corrected chi connectivity index (χ4v) is 2.44. The van der Waals surface area contributed by atoms with Crippen molar-refractivity contribution in [2.24, 2.45) is 0 Å². The first-order valence-corrected chi connectivity index (χ1v) is 8.66. The molecule has 0 saturated heterocycles. The summed E-state index contributed by atoms with van der Waals surface area (Å²) in [6.07, 6.45) is 18.4. The Morgan fingerprint density at radius 2 is 1.00 bits per heavy atom. The molecule has 1 radical (unpaired) electrons. The molecule has 0 heterocycles. The maximum absolute atomic E-state index is 3.99. The van der Waals surface area contributed by atoms with Crippen LogP contribution in [0.25, 0.3) is 0 Å². The lowest BCUT2D eigenvalue weighted by Gasteiger charge is -2.04. The molecule has 19 heavy (non-hydrogen) atoms. The largest absolute Gasteiger partial charge is 0.0744 e. The Morgan fingerprint density at radius 1 is 0.632 bits per heavy atom. The van der Waals surface area contributed by atoms with Crippen LogP contribution in [0.3, 0.4) is 0 Å². The summed E-state index contributed by atoms with van der Waals surface area (Å²) >= 11 is 0. The molecule has 0 aliphatic heterocycles. The molecule has 0 aromatic heterocycles. The van der Waals surface area contributed by atoms with Gasteiger partial charge in [-0.1, -0.05) is 88.7 Å². The predicted molar refractivity (Wildman–Crippen MR) is 89.4 cm³/mol. The van der Waals surface area contributed by atoms with Gasteiger partial charge in [0.05, 0.1) is 0 Å². The highest BCUT2D eigenvalue weighted by atomic mass is 14.0. The monoisotopic (exact) mass is 265 g/mol. The van der Waals surface area contributed by atoms with Crippen LogP contribution in [-0.2, 0) is 0 Å². The molecule has 0 spiro atoms. The zero-order valence-electron chi connectivity index (χ0n) is 13.9. The molecule has 0 rings (SSSR count). The van der Waals surface area contributed by atoms with E-state index < -0.39 is 0 Å². The fourth-order valence-electron chi connectivity index (χ4n) is 2.44. The van der Waals surface area contributed by atoms with Gasteiger partial charge < -0.3 is 0 Å². The van der Waals surface area contributed by atoms with E-state index in [0.717, 1.165) is 0 Å². The molecule has 0 amide bonds. The highest BCUT2D eigenvalue weighted by molar-refractivity contribution is 5.11. The number of unbranched alkanes of at least 4 members (excludes halogenated alkanes) is 11. The van der Waals surface area contributed by atoms with Crippen LogP contribution >= 0.6 is 0 Å². The van der Waals surface area contributed by atoms with E-state index in [0.29, 0.717) is 0 Å². The Kier molecular flexibility index (Phi) is 14.0. The van der Waals surface area contributed by atoms with Crippen LogP contribution in [0.2, 0.25) is 0 Å². The Hall–Kier alpha value is -0.260. The van der Waals surface area contributed by atoms with Crippen LogP contribution in [0.5, 0.6) is 0 Å². The van der Waals surface area contributed by atoms with Crippen LogP contribution in [0, 0.1) is 6.92 Å². The lowest BCUT2D eigenvalue weighted by Crippen LogP contribution is -1.84. The number of hydrogen-bond donors (Lipinski definition) is 0. The molecule has 0 atom stereocenters. The zero-order valence-corrected chi connectivity index (χ0v) is 13.9. The van der Waals surface area contributed by atoms with Gasteiger partial charge in [-0.15, -0.1) is 0 Å². The van der Waals surface area contributed by atoms with Crippen molar-refractivity contribution in [2.75, 3.05) is 0 Å². The van der Waals surface area contributed by atoms with Gasteiger partial charge in [0.1, 0.15) is 0 Å². The predicted octanol–water partition coefficient (Wildman–Crippen LogP) is 7.25. The van der Waals surface area contributed by atoms with Gasteiger partial charge in [0, 0.05) is 0 Å². The van der Waals surface area contributed by atoms with Crippen LogP contribution in [0.1, 0.15) is 104 Å². The highest BCUT2D eigenvalue weighted by Crippen LogP contribution is 2.15. The van der Waals surface area contributed by atoms with Crippen molar-refractivity contribution >= 4 is 0 Å². The lowest BCUT2D eigenvalue weighted by atomic mass is 10.0. The van der Waals surface area contributed by atoms with E-state index in [-0.39, 0.29) is 0 Å². The molecule has 0 heteroatoms. The summed E-state index contributed by atoms with van der Waals surface area (Å²) in [5.74, 6) is 0. The molecule has 0 nitrogen and oxygen atoms in total. The summed E-state index contributed by atoms with van der Waals surface area (Å²) in [5, 5.41) is 0. The van der Waals surface area contributed by atoms with E-state index in [1.54, 1.807) is 0 Å². The summed E-state index contributed by atoms with van der Waals surface area (Å²) in [7, 11) is 0. The van der Waals surface area contributed by atoms with Crippen LogP contribution in [0.4, 0.5) is 0 Å². The normalized spacial score (nSPS) is 12.6. The third-order valence-corrected chi connectivity index (χ3v) is 4.13. The maximum Gasteiger partial charge on any atom is -0.0283 e. The van der Waals surface area contributed by atoms with Gasteiger partial charge in [0.15, 0.2) is 0 Å². The SMILES string of the molecule is [CH2]C(C)=C(C)CCCCCCCCCCCCCC. The quantitative estimate of drug-likeness (QED) is 0.308. The first-order valence-electron chi connectivity index (χ1n) is 8.66. The van der Waals surface area contributed by atoms with Crippen molar-refractivity contribution in [1.29, 1.82) is 0 Å². The smallest absolute Gasteiger partial charge is 0.0283 e. The summed E-state index contributed by atoms with van der Waals surface area (Å²) in [5.41, 5.74) is 2.76. The summed E-state index contributed by atoms with van der Waals surface area (Å²) in [6, 6.07) is 0. The third-order valence-electron chi connectivity index (χ3n) is 4.13. The summed E-state index contributed by atoms with van der Waals surface area (Å²) < 4.78 is 0. The lowest BCUT2D eigenvalue weighted by molar-refractivity contribution is 0.543. The minimum Gasteiger partial charge on any atom is -0.0744 e.